The van der Waals surface area contributed by atoms with Crippen LogP contribution in [-0.4, -0.2) is 38.8 Å². The lowest BCUT2D eigenvalue weighted by molar-refractivity contribution is -0.117. The predicted octanol–water partition coefficient (Wildman–Crippen LogP) is 2.28. The van der Waals surface area contributed by atoms with Gasteiger partial charge in [-0.1, -0.05) is 6.92 Å². The molecule has 2 aliphatic heterocycles. The first-order chi connectivity index (χ1) is 10.1. The van der Waals surface area contributed by atoms with Crippen molar-refractivity contribution >= 4 is 33.2 Å². The Labute approximate surface area is 133 Å². The zero-order valence-electron chi connectivity index (χ0n) is 12.3. The van der Waals surface area contributed by atoms with Gasteiger partial charge in [0.1, 0.15) is 6.04 Å². The Hall–Kier alpha value is -1.11. The average molecular weight is 354 g/mol. The van der Waals surface area contributed by atoms with Crippen molar-refractivity contribution < 1.29 is 9.53 Å². The van der Waals surface area contributed by atoms with Gasteiger partial charge >= 0.3 is 0 Å². The van der Waals surface area contributed by atoms with E-state index in [1.165, 1.54) is 0 Å². The predicted molar refractivity (Wildman–Crippen MR) is 86.8 cm³/mol. The number of carbonyl (C=O) groups is 1. The Bertz CT molecular complexity index is 564. The van der Waals surface area contributed by atoms with Gasteiger partial charge < -0.3 is 20.3 Å². The van der Waals surface area contributed by atoms with Crippen LogP contribution in [0.4, 0.5) is 11.4 Å². The maximum absolute atomic E-state index is 11.9. The molecule has 1 aromatic rings. The van der Waals surface area contributed by atoms with E-state index < -0.39 is 0 Å². The van der Waals surface area contributed by atoms with Crippen LogP contribution in [0.3, 0.4) is 0 Å². The van der Waals surface area contributed by atoms with Crippen LogP contribution in [0.25, 0.3) is 0 Å². The number of anilines is 2. The number of hydrogen-bond acceptors (Lipinski definition) is 4. The highest BCUT2D eigenvalue weighted by molar-refractivity contribution is 9.10. The van der Waals surface area contributed by atoms with E-state index in [9.17, 15) is 4.79 Å². The van der Waals surface area contributed by atoms with Crippen LogP contribution in [0.2, 0.25) is 0 Å². The molecule has 2 heterocycles. The van der Waals surface area contributed by atoms with E-state index in [0.717, 1.165) is 47.5 Å². The zero-order valence-corrected chi connectivity index (χ0v) is 13.9. The number of halogens is 1. The maximum Gasteiger partial charge on any atom is 0.246 e. The van der Waals surface area contributed by atoms with Crippen molar-refractivity contribution in [3.05, 3.63) is 22.2 Å². The van der Waals surface area contributed by atoms with E-state index in [0.29, 0.717) is 0 Å². The third-order valence-electron chi connectivity index (χ3n) is 4.17. The largest absolute Gasteiger partial charge is 0.375 e. The quantitative estimate of drug-likeness (QED) is 0.875. The van der Waals surface area contributed by atoms with Gasteiger partial charge in [-0.15, -0.1) is 0 Å². The van der Waals surface area contributed by atoms with E-state index in [1.54, 1.807) is 7.05 Å². The minimum atomic E-state index is -0.265. The van der Waals surface area contributed by atoms with Gasteiger partial charge in [-0.05, 0) is 41.5 Å². The van der Waals surface area contributed by atoms with Gasteiger partial charge in [0.05, 0.1) is 18.4 Å². The number of amides is 1. The molecule has 21 heavy (non-hydrogen) atoms. The van der Waals surface area contributed by atoms with Crippen molar-refractivity contribution in [1.29, 1.82) is 0 Å². The molecule has 1 saturated heterocycles. The SMILES string of the molecule is CCC1CN(c2cc3c(cc2Br)C(NC)C(=O)N3)CCO1. The molecule has 0 radical (unpaired) electrons. The fraction of sp³-hybridized carbons (Fsp3) is 0.533. The molecule has 5 nitrogen and oxygen atoms in total. The fourth-order valence-electron chi connectivity index (χ4n) is 2.98. The number of carbonyl (C=O) groups excluding carboxylic acids is 1. The number of likely N-dealkylation sites (N-methyl/N-ethyl adjacent to an activating group) is 1. The van der Waals surface area contributed by atoms with Gasteiger partial charge in [0, 0.05) is 28.8 Å². The van der Waals surface area contributed by atoms with Crippen molar-refractivity contribution in [1.82, 2.24) is 5.32 Å². The van der Waals surface area contributed by atoms with Crippen molar-refractivity contribution in [2.24, 2.45) is 0 Å². The summed E-state index contributed by atoms with van der Waals surface area (Å²) >= 11 is 3.65. The molecule has 0 aliphatic carbocycles. The van der Waals surface area contributed by atoms with Crippen LogP contribution in [-0.2, 0) is 9.53 Å². The first-order valence-electron chi connectivity index (χ1n) is 7.32. The van der Waals surface area contributed by atoms with Crippen LogP contribution in [0, 0.1) is 0 Å². The molecule has 0 saturated carbocycles. The molecule has 0 bridgehead atoms. The van der Waals surface area contributed by atoms with Crippen LogP contribution in [0.15, 0.2) is 16.6 Å². The first kappa shape index (κ1) is 14.8. The van der Waals surface area contributed by atoms with Gasteiger partial charge in [0.15, 0.2) is 0 Å². The maximum atomic E-state index is 11.9. The van der Waals surface area contributed by atoms with Crippen LogP contribution in [0.1, 0.15) is 24.9 Å². The Morgan fingerprint density at radius 3 is 3.05 bits per heavy atom. The lowest BCUT2D eigenvalue weighted by Gasteiger charge is -2.35. The van der Waals surface area contributed by atoms with Gasteiger partial charge in [0.2, 0.25) is 5.91 Å². The molecule has 2 aliphatic rings. The summed E-state index contributed by atoms with van der Waals surface area (Å²) in [4.78, 5) is 14.3. The highest BCUT2D eigenvalue weighted by Gasteiger charge is 2.31. The summed E-state index contributed by atoms with van der Waals surface area (Å²) in [5, 5.41) is 6.00. The normalized spacial score (nSPS) is 24.9. The number of nitrogens with zero attached hydrogens (tertiary/aromatic N) is 1. The average Bonchev–Trinajstić information content (AvgIpc) is 2.80. The molecule has 6 heteroatoms. The molecule has 3 rings (SSSR count). The summed E-state index contributed by atoms with van der Waals surface area (Å²) in [5.41, 5.74) is 3.02. The van der Waals surface area contributed by atoms with Gasteiger partial charge in [-0.2, -0.15) is 0 Å². The Morgan fingerprint density at radius 2 is 2.33 bits per heavy atom. The molecular weight excluding hydrogens is 334 g/mol. The highest BCUT2D eigenvalue weighted by Crippen LogP contribution is 2.39. The standard InChI is InChI=1S/C15H20BrN3O2/c1-3-9-8-19(4-5-21-9)13-7-12-10(6-11(13)16)14(17-2)15(20)18-12/h6-7,9,14,17H,3-5,8H2,1-2H3,(H,18,20). The number of morpholine rings is 1. The monoisotopic (exact) mass is 353 g/mol. The third kappa shape index (κ3) is 2.67. The number of rotatable bonds is 3. The summed E-state index contributed by atoms with van der Waals surface area (Å²) in [7, 11) is 1.80. The van der Waals surface area contributed by atoms with E-state index in [2.05, 4.69) is 44.5 Å². The van der Waals surface area contributed by atoms with Gasteiger partial charge in [-0.3, -0.25) is 4.79 Å². The van der Waals surface area contributed by atoms with Crippen LogP contribution < -0.4 is 15.5 Å². The summed E-state index contributed by atoms with van der Waals surface area (Å²) < 4.78 is 6.75. The highest BCUT2D eigenvalue weighted by atomic mass is 79.9. The number of ether oxygens (including phenoxy) is 1. The molecule has 1 fully saturated rings. The molecule has 1 aromatic carbocycles. The second-order valence-corrected chi connectivity index (χ2v) is 6.30. The Kier molecular flexibility index (Phi) is 4.19. The molecular formula is C15H20BrN3O2. The van der Waals surface area contributed by atoms with E-state index >= 15 is 0 Å². The second-order valence-electron chi connectivity index (χ2n) is 5.45. The molecule has 0 spiro atoms. The number of nitrogens with one attached hydrogen (secondary N) is 2. The van der Waals surface area contributed by atoms with Crippen molar-refractivity contribution in [2.75, 3.05) is 37.0 Å². The Balaban J connectivity index is 1.91. The summed E-state index contributed by atoms with van der Waals surface area (Å²) in [6.07, 6.45) is 1.29. The zero-order chi connectivity index (χ0) is 15.0. The van der Waals surface area contributed by atoms with Crippen molar-refractivity contribution in [3.63, 3.8) is 0 Å². The molecule has 2 unspecified atom stereocenters. The number of hydrogen-bond donors (Lipinski definition) is 2. The topological polar surface area (TPSA) is 53.6 Å². The van der Waals surface area contributed by atoms with Crippen LogP contribution in [0.5, 0.6) is 0 Å². The second kappa shape index (κ2) is 5.94. The van der Waals surface area contributed by atoms with Crippen molar-refractivity contribution in [3.8, 4) is 0 Å². The van der Waals surface area contributed by atoms with Crippen LogP contribution >= 0.6 is 15.9 Å². The number of benzene rings is 1. The van der Waals surface area contributed by atoms with E-state index in [4.69, 9.17) is 4.74 Å². The summed E-state index contributed by atoms with van der Waals surface area (Å²) in [6, 6.07) is 3.84. The lowest BCUT2D eigenvalue weighted by atomic mass is 10.1. The summed E-state index contributed by atoms with van der Waals surface area (Å²) in [6.45, 7) is 4.64. The van der Waals surface area contributed by atoms with Gasteiger partial charge in [0.25, 0.3) is 0 Å². The smallest absolute Gasteiger partial charge is 0.246 e. The third-order valence-corrected chi connectivity index (χ3v) is 4.81. The molecule has 114 valence electrons. The molecule has 0 aromatic heterocycles. The minimum Gasteiger partial charge on any atom is -0.375 e. The fourth-order valence-corrected chi connectivity index (χ4v) is 3.60. The molecule has 2 atom stereocenters. The van der Waals surface area contributed by atoms with Gasteiger partial charge in [-0.25, -0.2) is 0 Å². The molecule has 2 N–H and O–H groups in total. The first-order valence-corrected chi connectivity index (χ1v) is 8.11. The summed E-state index contributed by atoms with van der Waals surface area (Å²) in [5.74, 6) is 0.00459. The minimum absolute atomic E-state index is 0.00459. The van der Waals surface area contributed by atoms with Crippen molar-refractivity contribution in [2.45, 2.75) is 25.5 Å². The Morgan fingerprint density at radius 1 is 1.52 bits per heavy atom. The number of fused-ring (bicyclic) bond motifs is 1. The van der Waals surface area contributed by atoms with E-state index in [1.807, 2.05) is 6.07 Å². The lowest BCUT2D eigenvalue weighted by Crippen LogP contribution is -2.42. The van der Waals surface area contributed by atoms with E-state index in [-0.39, 0.29) is 18.1 Å². The molecule has 1 amide bonds.